The van der Waals surface area contributed by atoms with Crippen LogP contribution in [0.15, 0.2) is 53.7 Å². The van der Waals surface area contributed by atoms with E-state index in [1.807, 2.05) is 42.5 Å². The zero-order valence-corrected chi connectivity index (χ0v) is 17.3. The number of thiophene rings is 1. The van der Waals surface area contributed by atoms with Gasteiger partial charge in [0.2, 0.25) is 0 Å². The molecule has 0 aliphatic carbocycles. The van der Waals surface area contributed by atoms with E-state index in [2.05, 4.69) is 0 Å². The monoisotopic (exact) mass is 400 g/mol. The van der Waals surface area contributed by atoms with Crippen molar-refractivity contribution < 1.29 is 19.1 Å². The SMILES string of the molecule is COCCOC(=O)C1=C(C)N(C)C(=O)N(C)[C@@H]1c1ccc(-c2ccccc2)s1. The van der Waals surface area contributed by atoms with Crippen LogP contribution in [0.5, 0.6) is 0 Å². The number of likely N-dealkylation sites (N-methyl/N-ethyl adjacent to an activating group) is 1. The van der Waals surface area contributed by atoms with Crippen molar-refractivity contribution in [3.05, 3.63) is 58.6 Å². The van der Waals surface area contributed by atoms with E-state index >= 15 is 0 Å². The summed E-state index contributed by atoms with van der Waals surface area (Å²) in [6, 6.07) is 13.4. The number of ether oxygens (including phenoxy) is 2. The largest absolute Gasteiger partial charge is 0.460 e. The zero-order valence-electron chi connectivity index (χ0n) is 16.5. The highest BCUT2D eigenvalue weighted by Crippen LogP contribution is 2.41. The number of rotatable bonds is 6. The first-order chi connectivity index (χ1) is 13.5. The van der Waals surface area contributed by atoms with Gasteiger partial charge in [-0.05, 0) is 24.6 Å². The molecule has 1 aliphatic heterocycles. The first-order valence-electron chi connectivity index (χ1n) is 8.98. The summed E-state index contributed by atoms with van der Waals surface area (Å²) < 4.78 is 10.3. The van der Waals surface area contributed by atoms with Crippen molar-refractivity contribution in [2.75, 3.05) is 34.4 Å². The Morgan fingerprint density at radius 1 is 1.11 bits per heavy atom. The molecule has 1 aromatic carbocycles. The third-order valence-electron chi connectivity index (χ3n) is 4.84. The number of hydrogen-bond donors (Lipinski definition) is 0. The van der Waals surface area contributed by atoms with Crippen LogP contribution in [0.4, 0.5) is 4.79 Å². The minimum Gasteiger partial charge on any atom is -0.460 e. The van der Waals surface area contributed by atoms with Crippen LogP contribution >= 0.6 is 11.3 Å². The molecule has 148 valence electrons. The average Bonchev–Trinajstić information content (AvgIpc) is 3.19. The minimum atomic E-state index is -0.485. The van der Waals surface area contributed by atoms with E-state index < -0.39 is 12.0 Å². The van der Waals surface area contributed by atoms with Crippen LogP contribution in [-0.4, -0.2) is 56.2 Å². The van der Waals surface area contributed by atoms with E-state index in [4.69, 9.17) is 9.47 Å². The Balaban J connectivity index is 1.99. The second-order valence-corrected chi connectivity index (χ2v) is 7.67. The maximum Gasteiger partial charge on any atom is 0.338 e. The first kappa shape index (κ1) is 20.1. The summed E-state index contributed by atoms with van der Waals surface area (Å²) in [6.07, 6.45) is 0. The van der Waals surface area contributed by atoms with Gasteiger partial charge in [-0.3, -0.25) is 0 Å². The summed E-state index contributed by atoms with van der Waals surface area (Å²) >= 11 is 1.57. The number of carbonyl (C=O) groups is 2. The molecule has 0 bridgehead atoms. The molecule has 3 rings (SSSR count). The fourth-order valence-electron chi connectivity index (χ4n) is 3.21. The Morgan fingerprint density at radius 2 is 1.82 bits per heavy atom. The Hall–Kier alpha value is -2.64. The molecule has 0 saturated carbocycles. The summed E-state index contributed by atoms with van der Waals surface area (Å²) in [5, 5.41) is 0. The molecule has 28 heavy (non-hydrogen) atoms. The van der Waals surface area contributed by atoms with E-state index in [0.29, 0.717) is 17.9 Å². The second-order valence-electron chi connectivity index (χ2n) is 6.55. The van der Waals surface area contributed by atoms with Gasteiger partial charge >= 0.3 is 12.0 Å². The molecule has 2 amide bonds. The molecule has 0 fully saturated rings. The van der Waals surface area contributed by atoms with E-state index in [-0.39, 0.29) is 12.6 Å². The van der Waals surface area contributed by atoms with Crippen LogP contribution in [0.1, 0.15) is 17.8 Å². The number of benzene rings is 1. The lowest BCUT2D eigenvalue weighted by atomic mass is 9.99. The Kier molecular flexibility index (Phi) is 6.16. The molecule has 1 aliphatic rings. The molecule has 2 aromatic rings. The fourth-order valence-corrected chi connectivity index (χ4v) is 4.38. The van der Waals surface area contributed by atoms with Crippen LogP contribution in [0.3, 0.4) is 0 Å². The highest BCUT2D eigenvalue weighted by atomic mass is 32.1. The predicted octanol–water partition coefficient (Wildman–Crippen LogP) is 3.92. The van der Waals surface area contributed by atoms with Gasteiger partial charge in [0.1, 0.15) is 12.6 Å². The summed E-state index contributed by atoms with van der Waals surface area (Å²) in [5.41, 5.74) is 2.18. The quantitative estimate of drug-likeness (QED) is 0.545. The molecule has 2 heterocycles. The molecule has 6 nitrogen and oxygen atoms in total. The number of urea groups is 1. The van der Waals surface area contributed by atoms with Crippen LogP contribution < -0.4 is 0 Å². The molecule has 0 radical (unpaired) electrons. The summed E-state index contributed by atoms with van der Waals surface area (Å²) in [7, 11) is 4.93. The molecule has 1 aromatic heterocycles. The Labute approximate surface area is 169 Å². The highest BCUT2D eigenvalue weighted by molar-refractivity contribution is 7.15. The molecule has 7 heteroatoms. The first-order valence-corrected chi connectivity index (χ1v) is 9.79. The maximum atomic E-state index is 12.8. The number of methoxy groups -OCH3 is 1. The molecule has 0 unspecified atom stereocenters. The Morgan fingerprint density at radius 3 is 2.50 bits per heavy atom. The van der Waals surface area contributed by atoms with Crippen molar-refractivity contribution >= 4 is 23.3 Å². The van der Waals surface area contributed by atoms with Crippen molar-refractivity contribution in [3.63, 3.8) is 0 Å². The molecule has 0 N–H and O–H groups in total. The Bertz CT molecular complexity index is 891. The van der Waals surface area contributed by atoms with Crippen molar-refractivity contribution in [3.8, 4) is 10.4 Å². The highest BCUT2D eigenvalue weighted by Gasteiger charge is 2.40. The van der Waals surface area contributed by atoms with E-state index in [0.717, 1.165) is 15.3 Å². The van der Waals surface area contributed by atoms with Crippen LogP contribution in [0.25, 0.3) is 10.4 Å². The molecular formula is C21H24N2O4S. The number of hydrogen-bond acceptors (Lipinski definition) is 5. The van der Waals surface area contributed by atoms with Gasteiger partial charge in [0.15, 0.2) is 0 Å². The third kappa shape index (κ3) is 3.81. The van der Waals surface area contributed by atoms with Gasteiger partial charge in [-0.25, -0.2) is 9.59 Å². The van der Waals surface area contributed by atoms with Gasteiger partial charge in [-0.15, -0.1) is 11.3 Å². The lowest BCUT2D eigenvalue weighted by Gasteiger charge is -2.38. The lowest BCUT2D eigenvalue weighted by Crippen LogP contribution is -2.47. The topological polar surface area (TPSA) is 59.1 Å². The fraction of sp³-hybridized carbons (Fsp3) is 0.333. The van der Waals surface area contributed by atoms with E-state index in [1.165, 1.54) is 4.90 Å². The number of carbonyl (C=O) groups excluding carboxylic acids is 2. The van der Waals surface area contributed by atoms with Gasteiger partial charge in [0.05, 0.1) is 12.2 Å². The second kappa shape index (κ2) is 8.58. The zero-order chi connectivity index (χ0) is 20.3. The van der Waals surface area contributed by atoms with Crippen molar-refractivity contribution in [1.29, 1.82) is 0 Å². The summed E-state index contributed by atoms with van der Waals surface area (Å²) in [6.45, 7) is 2.26. The molecular weight excluding hydrogens is 376 g/mol. The van der Waals surface area contributed by atoms with Gasteiger partial charge in [-0.1, -0.05) is 30.3 Å². The minimum absolute atomic E-state index is 0.161. The lowest BCUT2D eigenvalue weighted by molar-refractivity contribution is -0.141. The van der Waals surface area contributed by atoms with Crippen LogP contribution in [0, 0.1) is 0 Å². The smallest absolute Gasteiger partial charge is 0.338 e. The molecule has 0 spiro atoms. The van der Waals surface area contributed by atoms with E-state index in [9.17, 15) is 9.59 Å². The van der Waals surface area contributed by atoms with Crippen LogP contribution in [0.2, 0.25) is 0 Å². The number of esters is 1. The van der Waals surface area contributed by atoms with Gasteiger partial charge in [0, 0.05) is 36.7 Å². The normalized spacial score (nSPS) is 17.3. The van der Waals surface area contributed by atoms with E-state index in [1.54, 1.807) is 44.4 Å². The van der Waals surface area contributed by atoms with Crippen molar-refractivity contribution in [2.45, 2.75) is 13.0 Å². The maximum absolute atomic E-state index is 12.8. The molecule has 0 saturated heterocycles. The van der Waals surface area contributed by atoms with Gasteiger partial charge < -0.3 is 19.3 Å². The third-order valence-corrected chi connectivity index (χ3v) is 6.02. The molecule has 1 atom stereocenters. The van der Waals surface area contributed by atoms with Crippen molar-refractivity contribution in [2.24, 2.45) is 0 Å². The van der Waals surface area contributed by atoms with Gasteiger partial charge in [0.25, 0.3) is 0 Å². The van der Waals surface area contributed by atoms with Crippen molar-refractivity contribution in [1.82, 2.24) is 9.80 Å². The predicted molar refractivity (Wildman–Crippen MR) is 109 cm³/mol. The number of nitrogens with zero attached hydrogens (tertiary/aromatic N) is 2. The summed E-state index contributed by atoms with van der Waals surface area (Å²) in [4.78, 5) is 30.6. The van der Waals surface area contributed by atoms with Gasteiger partial charge in [-0.2, -0.15) is 0 Å². The number of amides is 2. The van der Waals surface area contributed by atoms with Crippen LogP contribution in [-0.2, 0) is 14.3 Å². The average molecular weight is 401 g/mol. The summed E-state index contributed by atoms with van der Waals surface area (Å²) in [5.74, 6) is -0.430. The standard InChI is InChI=1S/C21H24N2O4S/c1-14-18(20(24)27-13-12-26-4)19(23(3)21(25)22(14)2)17-11-10-16(28-17)15-8-6-5-7-9-15/h5-11,19H,12-13H2,1-4H3/t19-/m1/s1. The number of allylic oxidation sites excluding steroid dienone is 1.